The fourth-order valence-corrected chi connectivity index (χ4v) is 5.72. The molecule has 0 spiro atoms. The quantitative estimate of drug-likeness (QED) is 0.747. The normalized spacial score (nSPS) is 33.8. The predicted octanol–water partition coefficient (Wildman–Crippen LogP) is 4.50. The predicted molar refractivity (Wildman–Crippen MR) is 94.2 cm³/mol. The zero-order chi connectivity index (χ0) is 16.7. The van der Waals surface area contributed by atoms with Gasteiger partial charge < -0.3 is 9.47 Å². The second-order valence-electron chi connectivity index (χ2n) is 8.01. The molecule has 3 nitrogen and oxygen atoms in total. The number of benzene rings is 1. The Morgan fingerprint density at radius 2 is 1.58 bits per heavy atom. The van der Waals surface area contributed by atoms with Crippen molar-refractivity contribution < 1.29 is 14.3 Å². The molecular formula is C21H26O3. The number of hydrogen-bond donors (Lipinski definition) is 0. The number of hydrogen-bond acceptors (Lipinski definition) is 3. The lowest BCUT2D eigenvalue weighted by atomic mass is 9.48. The molecule has 0 aromatic heterocycles. The zero-order valence-electron chi connectivity index (χ0n) is 14.6. The molecule has 24 heavy (non-hydrogen) atoms. The van der Waals surface area contributed by atoms with Crippen molar-refractivity contribution in [3.8, 4) is 11.5 Å². The van der Waals surface area contributed by atoms with Crippen molar-refractivity contribution in [1.29, 1.82) is 0 Å². The van der Waals surface area contributed by atoms with Crippen LogP contribution in [0.4, 0.5) is 0 Å². The molecule has 4 aliphatic carbocycles. The number of rotatable bonds is 5. The van der Waals surface area contributed by atoms with E-state index >= 15 is 0 Å². The van der Waals surface area contributed by atoms with Crippen LogP contribution >= 0.6 is 0 Å². The molecule has 128 valence electrons. The maximum absolute atomic E-state index is 13.0. The Hall–Kier alpha value is -1.77. The van der Waals surface area contributed by atoms with Crippen molar-refractivity contribution in [2.24, 2.45) is 23.2 Å². The smallest absolute Gasteiger partial charge is 0.161 e. The average Bonchev–Trinajstić information content (AvgIpc) is 2.58. The van der Waals surface area contributed by atoms with Crippen molar-refractivity contribution in [1.82, 2.24) is 0 Å². The summed E-state index contributed by atoms with van der Waals surface area (Å²) in [6.07, 6.45) is 11.2. The summed E-state index contributed by atoms with van der Waals surface area (Å²) in [5, 5.41) is 0. The zero-order valence-corrected chi connectivity index (χ0v) is 14.6. The minimum atomic E-state index is -0.0538. The van der Waals surface area contributed by atoms with Gasteiger partial charge in [-0.3, -0.25) is 4.79 Å². The monoisotopic (exact) mass is 326 g/mol. The second-order valence-corrected chi connectivity index (χ2v) is 8.01. The van der Waals surface area contributed by atoms with Crippen LogP contribution in [-0.2, 0) is 4.79 Å². The van der Waals surface area contributed by atoms with E-state index in [4.69, 9.17) is 9.47 Å². The Labute approximate surface area is 144 Å². The molecule has 1 aromatic carbocycles. The molecule has 0 radical (unpaired) electrons. The standard InChI is InChI=1S/C21H26O3/c1-23-18-5-3-14(10-19(18)24-2)4-6-20(22)21-11-15-7-16(12-21)9-17(8-15)13-21/h3-6,10,15-17H,7-9,11-13H2,1-2H3/b6-4+. The first-order valence-corrected chi connectivity index (χ1v) is 9.06. The summed E-state index contributed by atoms with van der Waals surface area (Å²) >= 11 is 0. The lowest BCUT2D eigenvalue weighted by molar-refractivity contribution is -0.138. The van der Waals surface area contributed by atoms with E-state index < -0.39 is 0 Å². The lowest BCUT2D eigenvalue weighted by Gasteiger charge is -2.55. The van der Waals surface area contributed by atoms with Crippen LogP contribution in [0.2, 0.25) is 0 Å². The Kier molecular flexibility index (Phi) is 3.90. The molecule has 4 saturated carbocycles. The van der Waals surface area contributed by atoms with E-state index in [-0.39, 0.29) is 5.41 Å². The van der Waals surface area contributed by atoms with E-state index in [2.05, 4.69) is 0 Å². The van der Waals surface area contributed by atoms with Gasteiger partial charge in [0.05, 0.1) is 14.2 Å². The molecule has 1 aromatic rings. The Bertz CT molecular complexity index is 638. The number of carbonyl (C=O) groups is 1. The summed E-state index contributed by atoms with van der Waals surface area (Å²) in [6.45, 7) is 0. The van der Waals surface area contributed by atoms with Gasteiger partial charge in [-0.2, -0.15) is 0 Å². The Morgan fingerprint density at radius 1 is 1.00 bits per heavy atom. The highest BCUT2D eigenvalue weighted by atomic mass is 16.5. The van der Waals surface area contributed by atoms with E-state index in [0.29, 0.717) is 17.3 Å². The molecule has 4 aliphatic rings. The van der Waals surface area contributed by atoms with E-state index in [0.717, 1.165) is 42.6 Å². The largest absolute Gasteiger partial charge is 0.493 e. The summed E-state index contributed by atoms with van der Waals surface area (Å²) < 4.78 is 10.6. The number of carbonyl (C=O) groups excluding carboxylic acids is 1. The van der Waals surface area contributed by atoms with Crippen LogP contribution < -0.4 is 9.47 Å². The first kappa shape index (κ1) is 15.7. The van der Waals surface area contributed by atoms with Gasteiger partial charge in [0.1, 0.15) is 0 Å². The van der Waals surface area contributed by atoms with E-state index in [1.165, 1.54) is 19.3 Å². The second kappa shape index (κ2) is 5.94. The van der Waals surface area contributed by atoms with Crippen LogP contribution in [0.3, 0.4) is 0 Å². The molecule has 0 atom stereocenters. The van der Waals surface area contributed by atoms with Crippen molar-refractivity contribution in [3.05, 3.63) is 29.8 Å². The van der Waals surface area contributed by atoms with Gasteiger partial charge in [0.25, 0.3) is 0 Å². The van der Waals surface area contributed by atoms with Gasteiger partial charge in [-0.15, -0.1) is 0 Å². The Morgan fingerprint density at radius 3 is 2.12 bits per heavy atom. The molecule has 0 amide bonds. The van der Waals surface area contributed by atoms with Crippen molar-refractivity contribution in [2.75, 3.05) is 14.2 Å². The van der Waals surface area contributed by atoms with Gasteiger partial charge in [-0.25, -0.2) is 0 Å². The third-order valence-corrected chi connectivity index (χ3v) is 6.40. The number of allylic oxidation sites excluding steroid dienone is 1. The van der Waals surface area contributed by atoms with Gasteiger partial charge in [-0.05, 0) is 80.1 Å². The van der Waals surface area contributed by atoms with Crippen LogP contribution in [0.5, 0.6) is 11.5 Å². The lowest BCUT2D eigenvalue weighted by Crippen LogP contribution is -2.49. The fourth-order valence-electron chi connectivity index (χ4n) is 5.72. The van der Waals surface area contributed by atoms with Crippen molar-refractivity contribution in [3.63, 3.8) is 0 Å². The molecule has 0 aliphatic heterocycles. The van der Waals surface area contributed by atoms with Gasteiger partial charge >= 0.3 is 0 Å². The van der Waals surface area contributed by atoms with Gasteiger partial charge in [0.15, 0.2) is 17.3 Å². The molecule has 0 N–H and O–H groups in total. The number of ether oxygens (including phenoxy) is 2. The summed E-state index contributed by atoms with van der Waals surface area (Å²) in [5.41, 5.74) is 0.924. The van der Waals surface area contributed by atoms with Crippen LogP contribution in [0.15, 0.2) is 24.3 Å². The van der Waals surface area contributed by atoms with Crippen molar-refractivity contribution in [2.45, 2.75) is 38.5 Å². The highest BCUT2D eigenvalue weighted by Crippen LogP contribution is 2.60. The van der Waals surface area contributed by atoms with Gasteiger partial charge in [-0.1, -0.05) is 12.1 Å². The topological polar surface area (TPSA) is 35.5 Å². The van der Waals surface area contributed by atoms with Gasteiger partial charge in [0.2, 0.25) is 0 Å². The third kappa shape index (κ3) is 2.64. The minimum absolute atomic E-state index is 0.0538. The summed E-state index contributed by atoms with van der Waals surface area (Å²) in [4.78, 5) is 13.0. The maximum atomic E-state index is 13.0. The Balaban J connectivity index is 1.53. The van der Waals surface area contributed by atoms with Crippen LogP contribution in [-0.4, -0.2) is 20.0 Å². The summed E-state index contributed by atoms with van der Waals surface area (Å²) in [7, 11) is 3.26. The summed E-state index contributed by atoms with van der Waals surface area (Å²) in [6, 6.07) is 5.76. The SMILES string of the molecule is COc1ccc(/C=C/C(=O)C23CC4CC(CC(C4)C2)C3)cc1OC. The van der Waals surface area contributed by atoms with E-state index in [1.807, 2.05) is 30.4 Å². The number of ketones is 1. The molecular weight excluding hydrogens is 300 g/mol. The van der Waals surface area contributed by atoms with E-state index in [1.54, 1.807) is 14.2 Å². The molecule has 0 unspecified atom stereocenters. The summed E-state index contributed by atoms with van der Waals surface area (Å²) in [5.74, 6) is 4.15. The molecule has 5 rings (SSSR count). The first-order valence-electron chi connectivity index (χ1n) is 9.06. The van der Waals surface area contributed by atoms with E-state index in [9.17, 15) is 4.79 Å². The highest BCUT2D eigenvalue weighted by Gasteiger charge is 2.53. The maximum Gasteiger partial charge on any atom is 0.161 e. The highest BCUT2D eigenvalue weighted by molar-refractivity contribution is 5.98. The van der Waals surface area contributed by atoms with Crippen LogP contribution in [0.1, 0.15) is 44.1 Å². The molecule has 0 heterocycles. The minimum Gasteiger partial charge on any atom is -0.493 e. The van der Waals surface area contributed by atoms with Crippen molar-refractivity contribution >= 4 is 11.9 Å². The average molecular weight is 326 g/mol. The molecule has 4 bridgehead atoms. The van der Waals surface area contributed by atoms with Crippen LogP contribution in [0, 0.1) is 23.2 Å². The number of methoxy groups -OCH3 is 2. The molecule has 4 fully saturated rings. The molecule has 0 saturated heterocycles. The van der Waals surface area contributed by atoms with Crippen LogP contribution in [0.25, 0.3) is 6.08 Å². The first-order chi connectivity index (χ1) is 11.6. The third-order valence-electron chi connectivity index (χ3n) is 6.40. The molecule has 3 heteroatoms. The van der Waals surface area contributed by atoms with Gasteiger partial charge in [0, 0.05) is 5.41 Å². The fraction of sp³-hybridized carbons (Fsp3) is 0.571.